The maximum atomic E-state index is 12.3. The zero-order valence-corrected chi connectivity index (χ0v) is 12.3. The summed E-state index contributed by atoms with van der Waals surface area (Å²) in [4.78, 5) is 28.3. The van der Waals surface area contributed by atoms with E-state index < -0.39 is 0 Å². The fraction of sp³-hybridized carbons (Fsp3) is 0.0667. The number of fused-ring (bicyclic) bond motifs is 1. The first-order valence-electron chi connectivity index (χ1n) is 6.76. The normalized spacial score (nSPS) is 13.8. The summed E-state index contributed by atoms with van der Waals surface area (Å²) in [7, 11) is 0. The number of benzene rings is 1. The van der Waals surface area contributed by atoms with Gasteiger partial charge in [-0.3, -0.25) is 0 Å². The quantitative estimate of drug-likeness (QED) is 0.763. The Kier molecular flexibility index (Phi) is 2.87. The Morgan fingerprint density at radius 1 is 1.09 bits per heavy atom. The number of imidazole rings is 1. The van der Waals surface area contributed by atoms with E-state index in [4.69, 9.17) is 0 Å². The lowest BCUT2D eigenvalue weighted by Gasteiger charge is -2.27. The van der Waals surface area contributed by atoms with Gasteiger partial charge in [0.25, 0.3) is 0 Å². The van der Waals surface area contributed by atoms with Crippen molar-refractivity contribution in [1.82, 2.24) is 15.0 Å². The SMILES string of the molecule is O=C1NCc2sccc2N1n1cc(-c2ccccc2)[nH]c1=O. The highest BCUT2D eigenvalue weighted by Crippen LogP contribution is 2.29. The van der Waals surface area contributed by atoms with Gasteiger partial charge in [0.2, 0.25) is 0 Å². The molecule has 2 amide bonds. The van der Waals surface area contributed by atoms with Gasteiger partial charge in [-0.1, -0.05) is 30.3 Å². The Morgan fingerprint density at radius 2 is 1.91 bits per heavy atom. The van der Waals surface area contributed by atoms with E-state index in [1.807, 2.05) is 41.8 Å². The van der Waals surface area contributed by atoms with E-state index in [-0.39, 0.29) is 11.7 Å². The number of aromatic nitrogens is 2. The van der Waals surface area contributed by atoms with Crippen LogP contribution in [0.4, 0.5) is 10.5 Å². The Balaban J connectivity index is 1.83. The van der Waals surface area contributed by atoms with Crippen LogP contribution in [0.25, 0.3) is 11.3 Å². The van der Waals surface area contributed by atoms with Crippen LogP contribution in [-0.2, 0) is 6.54 Å². The van der Waals surface area contributed by atoms with Crippen LogP contribution in [0.1, 0.15) is 4.88 Å². The topological polar surface area (TPSA) is 70.1 Å². The Hall–Kier alpha value is -2.80. The molecule has 1 aliphatic rings. The molecule has 2 N–H and O–H groups in total. The lowest BCUT2D eigenvalue weighted by Crippen LogP contribution is -2.49. The minimum absolute atomic E-state index is 0.313. The molecule has 110 valence electrons. The molecule has 22 heavy (non-hydrogen) atoms. The molecule has 0 radical (unpaired) electrons. The highest BCUT2D eigenvalue weighted by Gasteiger charge is 2.28. The average molecular weight is 312 g/mol. The molecule has 0 atom stereocenters. The van der Waals surface area contributed by atoms with E-state index >= 15 is 0 Å². The highest BCUT2D eigenvalue weighted by molar-refractivity contribution is 7.10. The minimum atomic E-state index is -0.354. The number of nitrogens with one attached hydrogen (secondary N) is 2. The van der Waals surface area contributed by atoms with E-state index in [1.54, 1.807) is 17.5 Å². The van der Waals surface area contributed by atoms with Crippen LogP contribution in [-0.4, -0.2) is 15.7 Å². The van der Waals surface area contributed by atoms with Crippen LogP contribution >= 0.6 is 11.3 Å². The van der Waals surface area contributed by atoms with Crippen LogP contribution < -0.4 is 16.0 Å². The summed E-state index contributed by atoms with van der Waals surface area (Å²) in [5, 5.41) is 6.05. The van der Waals surface area contributed by atoms with Crippen LogP contribution in [0, 0.1) is 0 Å². The summed E-state index contributed by atoms with van der Waals surface area (Å²) in [5.41, 5.74) is 1.95. The number of nitrogens with zero attached hydrogens (tertiary/aromatic N) is 2. The van der Waals surface area contributed by atoms with E-state index in [2.05, 4.69) is 10.3 Å². The predicted octanol–water partition coefficient (Wildman–Crippen LogP) is 2.40. The average Bonchev–Trinajstić information content (AvgIpc) is 3.15. The van der Waals surface area contributed by atoms with Gasteiger partial charge in [-0.15, -0.1) is 11.3 Å². The number of urea groups is 1. The number of hydrogen-bond donors (Lipinski definition) is 2. The molecular weight excluding hydrogens is 300 g/mol. The fourth-order valence-corrected chi connectivity index (χ4v) is 3.30. The molecule has 0 unspecified atom stereocenters. The summed E-state index contributed by atoms with van der Waals surface area (Å²) in [6.07, 6.45) is 1.64. The van der Waals surface area contributed by atoms with E-state index in [1.165, 1.54) is 9.69 Å². The van der Waals surface area contributed by atoms with E-state index in [9.17, 15) is 9.59 Å². The van der Waals surface area contributed by atoms with Gasteiger partial charge >= 0.3 is 11.7 Å². The molecular formula is C15H12N4O2S. The van der Waals surface area contributed by atoms with Gasteiger partial charge in [0, 0.05) is 4.88 Å². The molecule has 1 aromatic carbocycles. The smallest absolute Gasteiger partial charge is 0.331 e. The first-order valence-corrected chi connectivity index (χ1v) is 7.64. The van der Waals surface area contributed by atoms with Gasteiger partial charge in [0.05, 0.1) is 24.1 Å². The number of hydrogen-bond acceptors (Lipinski definition) is 3. The molecule has 0 spiro atoms. The van der Waals surface area contributed by atoms with Crippen molar-refractivity contribution in [3.63, 3.8) is 0 Å². The standard InChI is InChI=1S/C15H12N4O2S/c20-14-16-8-13-12(6-7-22-13)19(14)18-9-11(17-15(18)21)10-4-2-1-3-5-10/h1-7,9H,8H2,(H,16,20)(H,17,21). The molecule has 7 heteroatoms. The molecule has 6 nitrogen and oxygen atoms in total. The first-order chi connectivity index (χ1) is 10.7. The molecule has 2 aromatic heterocycles. The number of aromatic amines is 1. The van der Waals surface area contributed by atoms with Crippen molar-refractivity contribution in [2.75, 3.05) is 5.01 Å². The van der Waals surface area contributed by atoms with Gasteiger partial charge in [0.15, 0.2) is 0 Å². The van der Waals surface area contributed by atoms with Crippen molar-refractivity contribution in [3.8, 4) is 11.3 Å². The third-order valence-electron chi connectivity index (χ3n) is 3.54. The van der Waals surface area contributed by atoms with Crippen LogP contribution in [0.2, 0.25) is 0 Å². The predicted molar refractivity (Wildman–Crippen MR) is 84.9 cm³/mol. The van der Waals surface area contributed by atoms with Crippen molar-refractivity contribution >= 4 is 23.1 Å². The summed E-state index contributed by atoms with van der Waals surface area (Å²) < 4.78 is 1.31. The third-order valence-corrected chi connectivity index (χ3v) is 4.45. The number of rotatable bonds is 2. The van der Waals surface area contributed by atoms with Crippen molar-refractivity contribution in [1.29, 1.82) is 0 Å². The molecule has 0 saturated heterocycles. The van der Waals surface area contributed by atoms with Crippen molar-refractivity contribution in [2.45, 2.75) is 6.54 Å². The summed E-state index contributed by atoms with van der Waals surface area (Å²) in [5.74, 6) is 0. The van der Waals surface area contributed by atoms with E-state index in [0.717, 1.165) is 16.1 Å². The summed E-state index contributed by atoms with van der Waals surface area (Å²) in [6.45, 7) is 0.493. The van der Waals surface area contributed by atoms with Crippen molar-refractivity contribution in [3.05, 3.63) is 63.3 Å². The largest absolute Gasteiger partial charge is 0.345 e. The molecule has 1 aliphatic heterocycles. The van der Waals surface area contributed by atoms with Gasteiger partial charge in [-0.05, 0) is 17.0 Å². The maximum Gasteiger partial charge on any atom is 0.345 e. The van der Waals surface area contributed by atoms with Gasteiger partial charge in [-0.2, -0.15) is 9.69 Å². The third kappa shape index (κ3) is 1.94. The Labute approximate surface area is 129 Å². The monoisotopic (exact) mass is 312 g/mol. The molecule has 4 rings (SSSR count). The summed E-state index contributed by atoms with van der Waals surface area (Å²) in [6, 6.07) is 11.1. The lowest BCUT2D eigenvalue weighted by molar-refractivity contribution is 0.242. The van der Waals surface area contributed by atoms with Crippen LogP contribution in [0.3, 0.4) is 0 Å². The molecule has 3 heterocycles. The van der Waals surface area contributed by atoms with Crippen LogP contribution in [0.5, 0.6) is 0 Å². The lowest BCUT2D eigenvalue weighted by atomic mass is 10.2. The number of carbonyl (C=O) groups excluding carboxylic acids is 1. The number of carbonyl (C=O) groups is 1. The Morgan fingerprint density at radius 3 is 2.73 bits per heavy atom. The second-order valence-corrected chi connectivity index (χ2v) is 5.88. The van der Waals surface area contributed by atoms with E-state index in [0.29, 0.717) is 12.2 Å². The second-order valence-electron chi connectivity index (χ2n) is 4.88. The fourth-order valence-electron chi connectivity index (χ4n) is 2.51. The zero-order valence-electron chi connectivity index (χ0n) is 11.4. The van der Waals surface area contributed by atoms with Crippen LogP contribution in [0.15, 0.2) is 52.8 Å². The molecule has 0 fully saturated rings. The number of anilines is 1. The molecule has 0 bridgehead atoms. The van der Waals surface area contributed by atoms with Crippen molar-refractivity contribution < 1.29 is 4.79 Å². The number of amides is 2. The second kappa shape index (κ2) is 4.88. The summed E-state index contributed by atoms with van der Waals surface area (Å²) >= 11 is 1.55. The maximum absolute atomic E-state index is 12.3. The van der Waals surface area contributed by atoms with Crippen molar-refractivity contribution in [2.24, 2.45) is 0 Å². The minimum Gasteiger partial charge on any atom is -0.331 e. The molecule has 3 aromatic rings. The highest BCUT2D eigenvalue weighted by atomic mass is 32.1. The number of H-pyrrole nitrogens is 1. The molecule has 0 aliphatic carbocycles. The van der Waals surface area contributed by atoms with Gasteiger partial charge < -0.3 is 10.3 Å². The Bertz CT molecular complexity index is 894. The van der Waals surface area contributed by atoms with Gasteiger partial charge in [0.1, 0.15) is 0 Å². The molecule has 0 saturated carbocycles. The van der Waals surface area contributed by atoms with Gasteiger partial charge in [-0.25, -0.2) is 9.59 Å². The zero-order chi connectivity index (χ0) is 15.1. The first kappa shape index (κ1) is 12.9. The number of thiophene rings is 1.